The number of methoxy groups -OCH3 is 1. The van der Waals surface area contributed by atoms with Gasteiger partial charge >= 0.3 is 0 Å². The van der Waals surface area contributed by atoms with Crippen molar-refractivity contribution in [2.24, 2.45) is 0 Å². The topological polar surface area (TPSA) is 66.0 Å². The van der Waals surface area contributed by atoms with Gasteiger partial charge in [-0.15, -0.1) is 0 Å². The second-order valence-corrected chi connectivity index (χ2v) is 5.23. The SMILES string of the molecule is CCOc1cc(/C=C/C(=O)Nc2ccc3c(c2)OCO3)ccc1OC. The summed E-state index contributed by atoms with van der Waals surface area (Å²) in [6.45, 7) is 2.64. The van der Waals surface area contributed by atoms with Crippen molar-refractivity contribution in [3.8, 4) is 23.0 Å². The van der Waals surface area contributed by atoms with E-state index in [4.69, 9.17) is 18.9 Å². The number of nitrogens with one attached hydrogen (secondary N) is 1. The molecule has 0 radical (unpaired) electrons. The van der Waals surface area contributed by atoms with Crippen LogP contribution in [0.4, 0.5) is 5.69 Å². The molecule has 0 unspecified atom stereocenters. The Hall–Kier alpha value is -3.15. The van der Waals surface area contributed by atoms with Crippen molar-refractivity contribution in [2.45, 2.75) is 6.92 Å². The fourth-order valence-corrected chi connectivity index (χ4v) is 2.40. The maximum atomic E-state index is 12.1. The highest BCUT2D eigenvalue weighted by molar-refractivity contribution is 6.02. The van der Waals surface area contributed by atoms with Crippen LogP contribution in [0.15, 0.2) is 42.5 Å². The summed E-state index contributed by atoms with van der Waals surface area (Å²) in [7, 11) is 1.59. The number of amides is 1. The Morgan fingerprint density at radius 3 is 2.80 bits per heavy atom. The van der Waals surface area contributed by atoms with E-state index in [9.17, 15) is 4.79 Å². The molecule has 0 saturated carbocycles. The van der Waals surface area contributed by atoms with E-state index in [1.165, 1.54) is 6.08 Å². The third-order valence-electron chi connectivity index (χ3n) is 3.55. The summed E-state index contributed by atoms with van der Waals surface area (Å²) in [6.07, 6.45) is 3.17. The van der Waals surface area contributed by atoms with Crippen LogP contribution in [0.5, 0.6) is 23.0 Å². The molecule has 0 atom stereocenters. The van der Waals surface area contributed by atoms with Crippen LogP contribution in [0.2, 0.25) is 0 Å². The van der Waals surface area contributed by atoms with Crippen molar-refractivity contribution < 1.29 is 23.7 Å². The van der Waals surface area contributed by atoms with Crippen molar-refractivity contribution >= 4 is 17.7 Å². The zero-order valence-electron chi connectivity index (χ0n) is 14.1. The van der Waals surface area contributed by atoms with Gasteiger partial charge in [-0.2, -0.15) is 0 Å². The van der Waals surface area contributed by atoms with Crippen molar-refractivity contribution in [1.82, 2.24) is 0 Å². The number of carbonyl (C=O) groups is 1. The minimum Gasteiger partial charge on any atom is -0.493 e. The van der Waals surface area contributed by atoms with Gasteiger partial charge in [-0.1, -0.05) is 6.07 Å². The fourth-order valence-electron chi connectivity index (χ4n) is 2.40. The Balaban J connectivity index is 1.67. The Bertz CT molecular complexity index is 800. The normalized spacial score (nSPS) is 12.2. The zero-order chi connectivity index (χ0) is 17.6. The van der Waals surface area contributed by atoms with E-state index in [-0.39, 0.29) is 12.7 Å². The maximum absolute atomic E-state index is 12.1. The summed E-state index contributed by atoms with van der Waals surface area (Å²) in [6, 6.07) is 10.7. The van der Waals surface area contributed by atoms with Gasteiger partial charge in [-0.05, 0) is 42.8 Å². The van der Waals surface area contributed by atoms with E-state index < -0.39 is 0 Å². The highest BCUT2D eigenvalue weighted by Crippen LogP contribution is 2.34. The van der Waals surface area contributed by atoms with E-state index in [1.54, 1.807) is 37.5 Å². The Kier molecular flexibility index (Phi) is 5.09. The molecule has 6 nitrogen and oxygen atoms in total. The average Bonchev–Trinajstić information content (AvgIpc) is 3.08. The number of anilines is 1. The van der Waals surface area contributed by atoms with Crippen molar-refractivity contribution in [3.05, 3.63) is 48.0 Å². The highest BCUT2D eigenvalue weighted by atomic mass is 16.7. The van der Waals surface area contributed by atoms with Gasteiger partial charge in [0.1, 0.15) is 0 Å². The van der Waals surface area contributed by atoms with Crippen LogP contribution in [-0.2, 0) is 4.79 Å². The zero-order valence-corrected chi connectivity index (χ0v) is 14.1. The molecule has 2 aromatic carbocycles. The van der Waals surface area contributed by atoms with Crippen LogP contribution in [0, 0.1) is 0 Å². The lowest BCUT2D eigenvalue weighted by Gasteiger charge is -2.09. The van der Waals surface area contributed by atoms with Crippen LogP contribution >= 0.6 is 0 Å². The number of benzene rings is 2. The van der Waals surface area contributed by atoms with Gasteiger partial charge in [0.15, 0.2) is 23.0 Å². The van der Waals surface area contributed by atoms with E-state index in [1.807, 2.05) is 19.1 Å². The molecule has 0 spiro atoms. The van der Waals surface area contributed by atoms with Crippen molar-refractivity contribution in [1.29, 1.82) is 0 Å². The number of rotatable bonds is 6. The first-order chi connectivity index (χ1) is 12.2. The highest BCUT2D eigenvalue weighted by Gasteiger charge is 2.13. The summed E-state index contributed by atoms with van der Waals surface area (Å²) in [5, 5.41) is 2.79. The first-order valence-corrected chi connectivity index (χ1v) is 7.89. The Morgan fingerprint density at radius 2 is 2.00 bits per heavy atom. The van der Waals surface area contributed by atoms with Gasteiger partial charge < -0.3 is 24.3 Å². The van der Waals surface area contributed by atoms with Crippen molar-refractivity contribution in [3.63, 3.8) is 0 Å². The summed E-state index contributed by atoms with van der Waals surface area (Å²) < 4.78 is 21.3. The molecule has 0 aromatic heterocycles. The first-order valence-electron chi connectivity index (χ1n) is 7.89. The van der Waals surface area contributed by atoms with Gasteiger partial charge in [0.05, 0.1) is 13.7 Å². The molecular weight excluding hydrogens is 322 g/mol. The monoisotopic (exact) mass is 341 g/mol. The Morgan fingerprint density at radius 1 is 1.16 bits per heavy atom. The van der Waals surface area contributed by atoms with Crippen LogP contribution < -0.4 is 24.3 Å². The van der Waals surface area contributed by atoms with Crippen LogP contribution in [0.25, 0.3) is 6.08 Å². The quantitative estimate of drug-likeness (QED) is 0.815. The lowest BCUT2D eigenvalue weighted by molar-refractivity contribution is -0.111. The lowest BCUT2D eigenvalue weighted by Crippen LogP contribution is -2.07. The minimum atomic E-state index is -0.243. The fraction of sp³-hybridized carbons (Fsp3) is 0.211. The van der Waals surface area contributed by atoms with Crippen molar-refractivity contribution in [2.75, 3.05) is 25.8 Å². The molecule has 6 heteroatoms. The predicted octanol–water partition coefficient (Wildman–Crippen LogP) is 3.47. The molecule has 1 N–H and O–H groups in total. The number of carbonyl (C=O) groups excluding carboxylic acids is 1. The molecule has 0 fully saturated rings. The molecule has 25 heavy (non-hydrogen) atoms. The van der Waals surface area contributed by atoms with Gasteiger partial charge in [0.2, 0.25) is 12.7 Å². The second-order valence-electron chi connectivity index (χ2n) is 5.23. The second kappa shape index (κ2) is 7.61. The van der Waals surface area contributed by atoms with E-state index >= 15 is 0 Å². The summed E-state index contributed by atoms with van der Waals surface area (Å²) in [4.78, 5) is 12.1. The third kappa shape index (κ3) is 4.03. The first kappa shape index (κ1) is 16.7. The minimum absolute atomic E-state index is 0.201. The molecule has 1 heterocycles. The summed E-state index contributed by atoms with van der Waals surface area (Å²) in [5.74, 6) is 2.35. The van der Waals surface area contributed by atoms with E-state index in [0.717, 1.165) is 5.56 Å². The number of hydrogen-bond acceptors (Lipinski definition) is 5. The van der Waals surface area contributed by atoms with Crippen LogP contribution in [0.3, 0.4) is 0 Å². The number of ether oxygens (including phenoxy) is 4. The van der Waals surface area contributed by atoms with Gasteiger partial charge in [-0.25, -0.2) is 0 Å². The van der Waals surface area contributed by atoms with Crippen LogP contribution in [0.1, 0.15) is 12.5 Å². The number of hydrogen-bond donors (Lipinski definition) is 1. The maximum Gasteiger partial charge on any atom is 0.248 e. The molecule has 0 bridgehead atoms. The van der Waals surface area contributed by atoms with Gasteiger partial charge in [0.25, 0.3) is 0 Å². The standard InChI is InChI=1S/C19H19NO5/c1-3-23-17-10-13(4-7-15(17)22-2)5-9-19(21)20-14-6-8-16-18(11-14)25-12-24-16/h4-11H,3,12H2,1-2H3,(H,20,21)/b9-5+. The predicted molar refractivity (Wildman–Crippen MR) is 94.4 cm³/mol. The smallest absolute Gasteiger partial charge is 0.248 e. The molecular formula is C19H19NO5. The summed E-state index contributed by atoms with van der Waals surface area (Å²) >= 11 is 0. The molecule has 1 amide bonds. The van der Waals surface area contributed by atoms with Gasteiger partial charge in [-0.3, -0.25) is 4.79 Å². The molecule has 130 valence electrons. The van der Waals surface area contributed by atoms with E-state index in [0.29, 0.717) is 35.3 Å². The molecule has 0 saturated heterocycles. The molecule has 3 rings (SSSR count). The molecule has 1 aliphatic rings. The third-order valence-corrected chi connectivity index (χ3v) is 3.55. The average molecular weight is 341 g/mol. The molecule has 2 aromatic rings. The summed E-state index contributed by atoms with van der Waals surface area (Å²) in [5.41, 5.74) is 1.48. The number of fused-ring (bicyclic) bond motifs is 1. The largest absolute Gasteiger partial charge is 0.493 e. The lowest BCUT2D eigenvalue weighted by atomic mass is 10.2. The Labute approximate surface area is 146 Å². The van der Waals surface area contributed by atoms with Crippen LogP contribution in [-0.4, -0.2) is 26.4 Å². The molecule has 0 aliphatic carbocycles. The molecule has 1 aliphatic heterocycles. The van der Waals surface area contributed by atoms with Gasteiger partial charge in [0, 0.05) is 17.8 Å². The van der Waals surface area contributed by atoms with E-state index in [2.05, 4.69) is 5.32 Å².